The summed E-state index contributed by atoms with van der Waals surface area (Å²) in [5.74, 6) is 0.234. The van der Waals surface area contributed by atoms with Crippen LogP contribution >= 0.6 is 0 Å². The first-order chi connectivity index (χ1) is 9.70. The van der Waals surface area contributed by atoms with E-state index in [0.29, 0.717) is 12.1 Å². The molecule has 1 amide bonds. The molecular weight excluding hydrogens is 281 g/mol. The zero-order valence-corrected chi connectivity index (χ0v) is 12.0. The van der Waals surface area contributed by atoms with Gasteiger partial charge in [-0.15, -0.1) is 0 Å². The van der Waals surface area contributed by atoms with Crippen LogP contribution in [0.1, 0.15) is 37.4 Å². The Morgan fingerprint density at radius 2 is 1.86 bits per heavy atom. The van der Waals surface area contributed by atoms with Crippen LogP contribution in [0, 0.1) is 5.92 Å². The summed E-state index contributed by atoms with van der Waals surface area (Å²) < 4.78 is 37.8. The molecule has 1 aliphatic heterocycles. The van der Waals surface area contributed by atoms with Crippen molar-refractivity contribution in [2.45, 2.75) is 38.5 Å². The molecule has 0 spiro atoms. The summed E-state index contributed by atoms with van der Waals surface area (Å²) in [6, 6.07) is 4.19. The quantitative estimate of drug-likeness (QED) is 0.933. The van der Waals surface area contributed by atoms with Gasteiger partial charge in [-0.25, -0.2) is 0 Å². The molecular formula is C15H19F3N2O. The molecule has 116 valence electrons. The molecule has 0 bridgehead atoms. The van der Waals surface area contributed by atoms with E-state index in [0.717, 1.165) is 12.1 Å². The lowest BCUT2D eigenvalue weighted by molar-refractivity contribution is -0.137. The van der Waals surface area contributed by atoms with Crippen LogP contribution in [0.5, 0.6) is 0 Å². The molecule has 1 heterocycles. The fourth-order valence-electron chi connectivity index (χ4n) is 2.72. The summed E-state index contributed by atoms with van der Waals surface area (Å²) in [5, 5.41) is 0. The molecule has 2 unspecified atom stereocenters. The lowest BCUT2D eigenvalue weighted by atomic mass is 9.99. The average molecular weight is 300 g/mol. The standard InChI is InChI=1S/C15H19F3N2O/c1-9(2)8-20-13(21)7-12(19)14(20)10-3-5-11(6-4-10)15(16,17)18/h3-6,9,12,14H,7-8,19H2,1-2H3. The van der Waals surface area contributed by atoms with Crippen molar-refractivity contribution in [1.82, 2.24) is 4.90 Å². The van der Waals surface area contributed by atoms with Crippen molar-refractivity contribution in [2.75, 3.05) is 6.54 Å². The number of hydrogen-bond acceptors (Lipinski definition) is 2. The number of amides is 1. The van der Waals surface area contributed by atoms with E-state index in [9.17, 15) is 18.0 Å². The molecule has 2 N–H and O–H groups in total. The number of alkyl halides is 3. The van der Waals surface area contributed by atoms with Gasteiger partial charge in [-0.05, 0) is 23.6 Å². The minimum Gasteiger partial charge on any atom is -0.334 e. The second-order valence-corrected chi connectivity index (χ2v) is 5.87. The summed E-state index contributed by atoms with van der Waals surface area (Å²) in [5.41, 5.74) is 5.97. The van der Waals surface area contributed by atoms with E-state index in [1.54, 1.807) is 4.90 Å². The maximum absolute atomic E-state index is 12.6. The van der Waals surface area contributed by atoms with E-state index < -0.39 is 11.7 Å². The molecule has 1 aromatic carbocycles. The number of halogens is 3. The van der Waals surface area contributed by atoms with Crippen molar-refractivity contribution in [3.8, 4) is 0 Å². The number of hydrogen-bond donors (Lipinski definition) is 1. The number of nitrogens with zero attached hydrogens (tertiary/aromatic N) is 1. The normalized spacial score (nSPS) is 23.2. The molecule has 1 saturated heterocycles. The number of nitrogens with two attached hydrogens (primary N) is 1. The van der Waals surface area contributed by atoms with Crippen LogP contribution < -0.4 is 5.73 Å². The van der Waals surface area contributed by atoms with Crippen molar-refractivity contribution in [3.05, 3.63) is 35.4 Å². The lowest BCUT2D eigenvalue weighted by Crippen LogP contribution is -2.35. The first-order valence-corrected chi connectivity index (χ1v) is 6.92. The summed E-state index contributed by atoms with van der Waals surface area (Å²) in [6.07, 6.45) is -4.12. The first kappa shape index (κ1) is 15.8. The third-order valence-electron chi connectivity index (χ3n) is 3.61. The third kappa shape index (κ3) is 3.37. The monoisotopic (exact) mass is 300 g/mol. The molecule has 1 aromatic rings. The van der Waals surface area contributed by atoms with Gasteiger partial charge in [0.05, 0.1) is 11.6 Å². The zero-order valence-electron chi connectivity index (χ0n) is 12.0. The Morgan fingerprint density at radius 3 is 2.33 bits per heavy atom. The Kier molecular flexibility index (Phi) is 4.27. The Morgan fingerprint density at radius 1 is 1.29 bits per heavy atom. The SMILES string of the molecule is CC(C)CN1C(=O)CC(N)C1c1ccc(C(F)(F)F)cc1. The number of carbonyl (C=O) groups is 1. The van der Waals surface area contributed by atoms with Crippen LogP contribution in [-0.2, 0) is 11.0 Å². The van der Waals surface area contributed by atoms with Gasteiger partial charge in [0.1, 0.15) is 0 Å². The van der Waals surface area contributed by atoms with Gasteiger partial charge in [-0.1, -0.05) is 26.0 Å². The summed E-state index contributed by atoms with van der Waals surface area (Å²) in [6.45, 7) is 4.53. The van der Waals surface area contributed by atoms with Crippen LogP contribution in [0.25, 0.3) is 0 Å². The highest BCUT2D eigenvalue weighted by Crippen LogP contribution is 2.35. The molecule has 2 atom stereocenters. The Labute approximate surface area is 121 Å². The smallest absolute Gasteiger partial charge is 0.334 e. The molecule has 21 heavy (non-hydrogen) atoms. The van der Waals surface area contributed by atoms with Gasteiger partial charge in [0.25, 0.3) is 0 Å². The largest absolute Gasteiger partial charge is 0.416 e. The van der Waals surface area contributed by atoms with Crippen LogP contribution in [0.15, 0.2) is 24.3 Å². The van der Waals surface area contributed by atoms with Gasteiger partial charge < -0.3 is 10.6 Å². The average Bonchev–Trinajstić information content (AvgIpc) is 2.63. The fraction of sp³-hybridized carbons (Fsp3) is 0.533. The van der Waals surface area contributed by atoms with E-state index in [1.807, 2.05) is 13.8 Å². The fourth-order valence-corrected chi connectivity index (χ4v) is 2.72. The molecule has 0 saturated carbocycles. The van der Waals surface area contributed by atoms with E-state index in [4.69, 9.17) is 5.73 Å². The zero-order chi connectivity index (χ0) is 15.8. The van der Waals surface area contributed by atoms with Gasteiger partial charge in [0.15, 0.2) is 0 Å². The van der Waals surface area contributed by atoms with E-state index in [-0.39, 0.29) is 30.3 Å². The molecule has 0 aromatic heterocycles. The van der Waals surface area contributed by atoms with Crippen molar-refractivity contribution in [3.63, 3.8) is 0 Å². The summed E-state index contributed by atoms with van der Waals surface area (Å²) in [4.78, 5) is 13.7. The van der Waals surface area contributed by atoms with E-state index >= 15 is 0 Å². The minimum atomic E-state index is -4.36. The van der Waals surface area contributed by atoms with Crippen LogP contribution in [0.3, 0.4) is 0 Å². The molecule has 1 fully saturated rings. The van der Waals surface area contributed by atoms with Crippen molar-refractivity contribution >= 4 is 5.91 Å². The second kappa shape index (κ2) is 5.67. The van der Waals surface area contributed by atoms with Crippen molar-refractivity contribution in [2.24, 2.45) is 11.7 Å². The maximum Gasteiger partial charge on any atom is 0.416 e. The third-order valence-corrected chi connectivity index (χ3v) is 3.61. The molecule has 3 nitrogen and oxygen atoms in total. The van der Waals surface area contributed by atoms with E-state index in [1.165, 1.54) is 12.1 Å². The van der Waals surface area contributed by atoms with E-state index in [2.05, 4.69) is 0 Å². The predicted octanol–water partition coefficient (Wildman–Crippen LogP) is 2.96. The topological polar surface area (TPSA) is 46.3 Å². The maximum atomic E-state index is 12.6. The molecule has 0 aliphatic carbocycles. The Hall–Kier alpha value is -1.56. The molecule has 2 rings (SSSR count). The highest BCUT2D eigenvalue weighted by atomic mass is 19.4. The number of rotatable bonds is 3. The molecule has 6 heteroatoms. The predicted molar refractivity (Wildman–Crippen MR) is 73.3 cm³/mol. The summed E-state index contributed by atoms with van der Waals surface area (Å²) in [7, 11) is 0. The first-order valence-electron chi connectivity index (χ1n) is 6.92. The van der Waals surface area contributed by atoms with Crippen LogP contribution in [-0.4, -0.2) is 23.4 Å². The minimum absolute atomic E-state index is 0.0407. The van der Waals surface area contributed by atoms with Gasteiger partial charge in [-0.2, -0.15) is 13.2 Å². The molecule has 1 aliphatic rings. The highest BCUT2D eigenvalue weighted by molar-refractivity contribution is 5.80. The second-order valence-electron chi connectivity index (χ2n) is 5.87. The molecule has 0 radical (unpaired) electrons. The number of benzene rings is 1. The van der Waals surface area contributed by atoms with Gasteiger partial charge in [-0.3, -0.25) is 4.79 Å². The Bertz CT molecular complexity index is 511. The highest BCUT2D eigenvalue weighted by Gasteiger charge is 2.39. The Balaban J connectivity index is 2.28. The van der Waals surface area contributed by atoms with Crippen molar-refractivity contribution in [1.29, 1.82) is 0 Å². The lowest BCUT2D eigenvalue weighted by Gasteiger charge is -2.29. The van der Waals surface area contributed by atoms with Gasteiger partial charge >= 0.3 is 6.18 Å². The summed E-state index contributed by atoms with van der Waals surface area (Å²) >= 11 is 0. The van der Waals surface area contributed by atoms with Crippen LogP contribution in [0.2, 0.25) is 0 Å². The van der Waals surface area contributed by atoms with Crippen molar-refractivity contribution < 1.29 is 18.0 Å². The van der Waals surface area contributed by atoms with Gasteiger partial charge in [0, 0.05) is 19.0 Å². The van der Waals surface area contributed by atoms with Gasteiger partial charge in [0.2, 0.25) is 5.91 Å². The number of likely N-dealkylation sites (tertiary alicyclic amines) is 1. The number of carbonyl (C=O) groups excluding carboxylic acids is 1. The van der Waals surface area contributed by atoms with Crippen LogP contribution in [0.4, 0.5) is 13.2 Å².